The number of hydrogen-bond acceptors (Lipinski definition) is 0. The third-order valence-electron chi connectivity index (χ3n) is 6.31. The van der Waals surface area contributed by atoms with Crippen LogP contribution in [0.3, 0.4) is 0 Å². The molecule has 170 valence electrons. The number of halogens is 1. The van der Waals surface area contributed by atoms with E-state index in [9.17, 15) is 0 Å². The minimum atomic E-state index is 1.12. The van der Waals surface area contributed by atoms with Gasteiger partial charge in [-0.1, -0.05) is 138 Å². The molecule has 0 bridgehead atoms. The zero-order chi connectivity index (χ0) is 20.8. The molecule has 0 fully saturated rings. The molecule has 0 aromatic rings. The molecule has 0 aliphatic carbocycles. The Morgan fingerprint density at radius 2 is 0.714 bits per heavy atom. The Hall–Kier alpha value is 0.440. The largest absolute Gasteiger partial charge is 0.328 e. The third-order valence-corrected chi connectivity index (χ3v) is 6.66. The summed E-state index contributed by atoms with van der Waals surface area (Å²) < 4.78 is 1.17. The van der Waals surface area contributed by atoms with Crippen LogP contribution < -0.4 is 0 Å². The summed E-state index contributed by atoms with van der Waals surface area (Å²) in [6.07, 6.45) is 29.3. The number of nitrogens with zero attached hydrogens (tertiary/aromatic N) is 1. The summed E-state index contributed by atoms with van der Waals surface area (Å²) in [4.78, 5) is 0. The lowest BCUT2D eigenvalue weighted by Gasteiger charge is -2.29. The molecule has 0 atom stereocenters. The van der Waals surface area contributed by atoms with Crippen molar-refractivity contribution in [2.75, 3.05) is 32.5 Å². The summed E-state index contributed by atoms with van der Waals surface area (Å²) in [5.41, 5.74) is 0. The van der Waals surface area contributed by atoms with E-state index in [2.05, 4.69) is 36.9 Å². The van der Waals surface area contributed by atoms with Crippen molar-refractivity contribution < 1.29 is 4.48 Å². The normalized spacial score (nSPS) is 12.0. The highest BCUT2D eigenvalue weighted by Gasteiger charge is 2.12. The number of alkyl halides is 1. The van der Waals surface area contributed by atoms with Gasteiger partial charge in [-0.25, -0.2) is 0 Å². The van der Waals surface area contributed by atoms with E-state index in [1.54, 1.807) is 0 Å². The molecule has 0 saturated carbocycles. The maximum absolute atomic E-state index is 3.57. The Balaban J connectivity index is 3.09. The van der Waals surface area contributed by atoms with Gasteiger partial charge in [-0.15, -0.1) is 0 Å². The highest BCUT2D eigenvalue weighted by atomic mass is 79.9. The van der Waals surface area contributed by atoms with Gasteiger partial charge in [-0.05, 0) is 12.8 Å². The monoisotopic (exact) mass is 460 g/mol. The van der Waals surface area contributed by atoms with Gasteiger partial charge < -0.3 is 4.48 Å². The Labute approximate surface area is 188 Å². The van der Waals surface area contributed by atoms with Crippen molar-refractivity contribution in [1.82, 2.24) is 0 Å². The van der Waals surface area contributed by atoms with Crippen molar-refractivity contribution in [2.45, 2.75) is 135 Å². The fourth-order valence-corrected chi connectivity index (χ4v) is 5.10. The fraction of sp³-hybridized carbons (Fsp3) is 1.00. The van der Waals surface area contributed by atoms with E-state index in [-0.39, 0.29) is 0 Å². The molecule has 0 N–H and O–H groups in total. The van der Waals surface area contributed by atoms with Crippen molar-refractivity contribution in [3.05, 3.63) is 0 Å². The second kappa shape index (κ2) is 22.1. The van der Waals surface area contributed by atoms with Gasteiger partial charge in [-0.2, -0.15) is 0 Å². The minimum Gasteiger partial charge on any atom is -0.328 e. The molecule has 0 heterocycles. The van der Waals surface area contributed by atoms with Crippen LogP contribution in [0.2, 0.25) is 0 Å². The number of hydrogen-bond donors (Lipinski definition) is 0. The van der Waals surface area contributed by atoms with Gasteiger partial charge in [0.05, 0.1) is 32.5 Å². The molecule has 28 heavy (non-hydrogen) atoms. The van der Waals surface area contributed by atoms with E-state index in [1.165, 1.54) is 146 Å². The second-order valence-corrected chi connectivity index (χ2v) is 10.6. The minimum absolute atomic E-state index is 1.12. The van der Waals surface area contributed by atoms with Gasteiger partial charge in [0.15, 0.2) is 0 Å². The quantitative estimate of drug-likeness (QED) is 0.0808. The molecule has 0 radical (unpaired) electrons. The molecule has 0 amide bonds. The van der Waals surface area contributed by atoms with Crippen LogP contribution >= 0.6 is 15.9 Å². The van der Waals surface area contributed by atoms with Crippen molar-refractivity contribution in [2.24, 2.45) is 0 Å². The fourth-order valence-electron chi connectivity index (χ4n) is 4.14. The molecule has 0 spiro atoms. The smallest absolute Gasteiger partial charge is 0.0880 e. The maximum atomic E-state index is 3.57. The first kappa shape index (κ1) is 28.4. The second-order valence-electron chi connectivity index (χ2n) is 9.79. The number of rotatable bonds is 23. The zero-order valence-corrected chi connectivity index (χ0v) is 21.7. The van der Waals surface area contributed by atoms with Crippen molar-refractivity contribution in [1.29, 1.82) is 0 Å². The topological polar surface area (TPSA) is 0 Å². The van der Waals surface area contributed by atoms with Gasteiger partial charge in [-0.3, -0.25) is 0 Å². The van der Waals surface area contributed by atoms with Crippen LogP contribution in [0, 0.1) is 0 Å². The number of unbranched alkanes of at least 4 members (excludes halogenated alkanes) is 19. The molecule has 1 nitrogen and oxygen atoms in total. The predicted octanol–water partition coefficient (Wildman–Crippen LogP) is 9.28. The van der Waals surface area contributed by atoms with Gasteiger partial charge >= 0.3 is 0 Å². The van der Waals surface area contributed by atoms with Crippen LogP contribution in [0.1, 0.15) is 135 Å². The zero-order valence-electron chi connectivity index (χ0n) is 20.1. The first-order valence-electron chi connectivity index (χ1n) is 13.0. The summed E-state index contributed by atoms with van der Waals surface area (Å²) in [5.74, 6) is 0. The summed E-state index contributed by atoms with van der Waals surface area (Å²) in [7, 11) is 4.72. The Morgan fingerprint density at radius 1 is 0.429 bits per heavy atom. The molecule has 0 aromatic heterocycles. The van der Waals surface area contributed by atoms with E-state index in [1.807, 2.05) is 0 Å². The van der Waals surface area contributed by atoms with E-state index in [4.69, 9.17) is 0 Å². The standard InChI is InChI=1S/C26H55BrN/c1-4-5-6-7-8-9-10-11-12-13-14-15-16-17-18-19-20-21-22-23-25-28(2,3)26-24-27/h4-26H2,1-3H3/q+1. The van der Waals surface area contributed by atoms with E-state index in [0.717, 1.165) is 5.33 Å². The average Bonchev–Trinajstić information content (AvgIpc) is 2.66. The molecule has 0 rings (SSSR count). The summed E-state index contributed by atoms with van der Waals surface area (Å²) >= 11 is 3.57. The maximum Gasteiger partial charge on any atom is 0.0880 e. The van der Waals surface area contributed by atoms with Gasteiger partial charge in [0.2, 0.25) is 0 Å². The first-order chi connectivity index (χ1) is 13.6. The van der Waals surface area contributed by atoms with Crippen LogP contribution in [0.5, 0.6) is 0 Å². The van der Waals surface area contributed by atoms with E-state index < -0.39 is 0 Å². The Kier molecular flexibility index (Phi) is 22.5. The molecule has 0 aliphatic heterocycles. The molecule has 2 heteroatoms. The van der Waals surface area contributed by atoms with Crippen LogP contribution in [0.15, 0.2) is 0 Å². The highest BCUT2D eigenvalue weighted by molar-refractivity contribution is 9.09. The van der Waals surface area contributed by atoms with Crippen LogP contribution in [0.25, 0.3) is 0 Å². The molecule has 0 aromatic carbocycles. The third kappa shape index (κ3) is 22.7. The predicted molar refractivity (Wildman–Crippen MR) is 134 cm³/mol. The molecule has 0 saturated heterocycles. The average molecular weight is 462 g/mol. The molecular formula is C26H55BrN+. The molecular weight excluding hydrogens is 406 g/mol. The summed E-state index contributed by atoms with van der Waals surface area (Å²) in [6, 6.07) is 0. The molecule has 0 unspecified atom stereocenters. The highest BCUT2D eigenvalue weighted by Crippen LogP contribution is 2.15. The van der Waals surface area contributed by atoms with Crippen molar-refractivity contribution in [3.8, 4) is 0 Å². The van der Waals surface area contributed by atoms with Crippen molar-refractivity contribution in [3.63, 3.8) is 0 Å². The van der Waals surface area contributed by atoms with Gasteiger partial charge in [0.25, 0.3) is 0 Å². The number of quaternary nitrogens is 1. The lowest BCUT2D eigenvalue weighted by Crippen LogP contribution is -2.41. The Bertz CT molecular complexity index is 290. The SMILES string of the molecule is CCCCCCCCCCCCCCCCCCCCCC[N+](C)(C)CCBr. The van der Waals surface area contributed by atoms with Crippen molar-refractivity contribution >= 4 is 15.9 Å². The summed E-state index contributed by atoms with van der Waals surface area (Å²) in [5, 5.41) is 1.12. The van der Waals surface area contributed by atoms with Crippen LogP contribution in [-0.4, -0.2) is 37.0 Å². The van der Waals surface area contributed by atoms with Crippen LogP contribution in [-0.2, 0) is 0 Å². The van der Waals surface area contributed by atoms with Gasteiger partial charge in [0.1, 0.15) is 0 Å². The van der Waals surface area contributed by atoms with E-state index >= 15 is 0 Å². The first-order valence-corrected chi connectivity index (χ1v) is 14.1. The lowest BCUT2D eigenvalue weighted by atomic mass is 10.0. The van der Waals surface area contributed by atoms with Gasteiger partial charge in [0, 0.05) is 0 Å². The Morgan fingerprint density at radius 3 is 1.00 bits per heavy atom. The van der Waals surface area contributed by atoms with E-state index in [0.29, 0.717) is 0 Å². The summed E-state index contributed by atoms with van der Waals surface area (Å²) in [6.45, 7) is 4.89. The lowest BCUT2D eigenvalue weighted by molar-refractivity contribution is -0.887. The van der Waals surface area contributed by atoms with Crippen LogP contribution in [0.4, 0.5) is 0 Å². The molecule has 0 aliphatic rings.